The molecule has 0 radical (unpaired) electrons. The fourth-order valence-electron chi connectivity index (χ4n) is 2.64. The van der Waals surface area contributed by atoms with Gasteiger partial charge in [-0.05, 0) is 25.3 Å². The minimum absolute atomic E-state index is 0.228. The lowest BCUT2D eigenvalue weighted by Crippen LogP contribution is -2.17. The van der Waals surface area contributed by atoms with Gasteiger partial charge in [0.15, 0.2) is 13.2 Å². The molecule has 164 valence electrons. The number of rotatable bonds is 12. The molecule has 0 saturated heterocycles. The molecular formula is C22H28O8. The molecule has 0 aliphatic carbocycles. The Balaban J connectivity index is 2.16. The zero-order valence-electron chi connectivity index (χ0n) is 17.7. The van der Waals surface area contributed by atoms with Gasteiger partial charge in [0.05, 0.1) is 18.6 Å². The molecule has 0 fully saturated rings. The second-order valence-electron chi connectivity index (χ2n) is 6.77. The lowest BCUT2D eigenvalue weighted by Gasteiger charge is -2.13. The second-order valence-corrected chi connectivity index (χ2v) is 6.77. The fourth-order valence-corrected chi connectivity index (χ4v) is 2.64. The van der Waals surface area contributed by atoms with Crippen LogP contribution < -0.4 is 15.1 Å². The van der Waals surface area contributed by atoms with Crippen LogP contribution >= 0.6 is 0 Å². The quantitative estimate of drug-likeness (QED) is 0.292. The number of esters is 2. The summed E-state index contributed by atoms with van der Waals surface area (Å²) < 4.78 is 26.5. The van der Waals surface area contributed by atoms with Crippen LogP contribution in [0.15, 0.2) is 27.4 Å². The molecule has 2 rings (SSSR count). The van der Waals surface area contributed by atoms with Gasteiger partial charge in [0, 0.05) is 18.2 Å². The van der Waals surface area contributed by atoms with Gasteiger partial charge >= 0.3 is 17.6 Å². The van der Waals surface area contributed by atoms with Crippen molar-refractivity contribution in [3.63, 3.8) is 0 Å². The Bertz CT molecular complexity index is 915. The van der Waals surface area contributed by atoms with Crippen LogP contribution in [-0.4, -0.2) is 38.4 Å². The minimum atomic E-state index is -0.527. The lowest BCUT2D eigenvalue weighted by atomic mass is 10.1. The second kappa shape index (κ2) is 11.8. The largest absolute Gasteiger partial charge is 0.482 e. The van der Waals surface area contributed by atoms with Crippen LogP contribution in [0.1, 0.15) is 45.1 Å². The molecule has 0 N–H and O–H groups in total. The Hall–Kier alpha value is -3.03. The first-order valence-electron chi connectivity index (χ1n) is 10.1. The van der Waals surface area contributed by atoms with E-state index in [1.54, 1.807) is 6.92 Å². The van der Waals surface area contributed by atoms with Crippen molar-refractivity contribution in [2.75, 3.05) is 26.4 Å². The predicted molar refractivity (Wildman–Crippen MR) is 110 cm³/mol. The summed E-state index contributed by atoms with van der Waals surface area (Å²) in [6.07, 6.45) is 3.38. The van der Waals surface area contributed by atoms with E-state index in [1.807, 2.05) is 13.8 Å². The number of aryl methyl sites for hydroxylation is 1. The van der Waals surface area contributed by atoms with Crippen molar-refractivity contribution in [3.8, 4) is 11.5 Å². The van der Waals surface area contributed by atoms with Gasteiger partial charge in [-0.15, -0.1) is 0 Å². The van der Waals surface area contributed by atoms with Crippen LogP contribution in [-0.2, 0) is 19.1 Å². The van der Waals surface area contributed by atoms with Gasteiger partial charge in [-0.3, -0.25) is 0 Å². The zero-order chi connectivity index (χ0) is 21.9. The van der Waals surface area contributed by atoms with E-state index < -0.39 is 17.6 Å². The smallest absolute Gasteiger partial charge is 0.344 e. The van der Waals surface area contributed by atoms with E-state index in [1.165, 1.54) is 18.2 Å². The van der Waals surface area contributed by atoms with Gasteiger partial charge in [-0.2, -0.15) is 0 Å². The van der Waals surface area contributed by atoms with Crippen LogP contribution in [0.2, 0.25) is 0 Å². The highest BCUT2D eigenvalue weighted by Crippen LogP contribution is 2.33. The molecule has 0 bridgehead atoms. The van der Waals surface area contributed by atoms with E-state index in [0.29, 0.717) is 24.2 Å². The summed E-state index contributed by atoms with van der Waals surface area (Å²) in [7, 11) is 0. The van der Waals surface area contributed by atoms with Crippen molar-refractivity contribution >= 4 is 22.9 Å². The van der Waals surface area contributed by atoms with Crippen molar-refractivity contribution in [3.05, 3.63) is 34.2 Å². The van der Waals surface area contributed by atoms with Crippen molar-refractivity contribution in [1.82, 2.24) is 0 Å². The number of carbonyl (C=O) groups is 2. The van der Waals surface area contributed by atoms with Gasteiger partial charge in [0.25, 0.3) is 0 Å². The van der Waals surface area contributed by atoms with Crippen LogP contribution in [0.3, 0.4) is 0 Å². The molecule has 0 spiro atoms. The highest BCUT2D eigenvalue weighted by molar-refractivity contribution is 5.88. The predicted octanol–water partition coefficient (Wildman–Crippen LogP) is 3.55. The monoisotopic (exact) mass is 420 g/mol. The average Bonchev–Trinajstić information content (AvgIpc) is 2.70. The number of fused-ring (bicyclic) bond motifs is 1. The van der Waals surface area contributed by atoms with Crippen molar-refractivity contribution in [2.24, 2.45) is 0 Å². The number of unbranched alkanes of at least 4 members (excludes halogenated alkanes) is 2. The number of benzene rings is 1. The Morgan fingerprint density at radius 3 is 2.10 bits per heavy atom. The fraction of sp³-hybridized carbons (Fsp3) is 0.500. The number of hydrogen-bond acceptors (Lipinski definition) is 8. The summed E-state index contributed by atoms with van der Waals surface area (Å²) in [4.78, 5) is 35.4. The molecule has 2 aromatic rings. The van der Waals surface area contributed by atoms with E-state index in [-0.39, 0.29) is 30.3 Å². The molecule has 0 saturated carbocycles. The first kappa shape index (κ1) is 23.3. The number of ether oxygens (including phenoxy) is 4. The Morgan fingerprint density at radius 2 is 1.50 bits per heavy atom. The van der Waals surface area contributed by atoms with Gasteiger partial charge in [-0.25, -0.2) is 14.4 Å². The molecule has 8 nitrogen and oxygen atoms in total. The molecule has 1 aromatic heterocycles. The molecular weight excluding hydrogens is 392 g/mol. The summed E-state index contributed by atoms with van der Waals surface area (Å²) >= 11 is 0. The zero-order valence-corrected chi connectivity index (χ0v) is 17.7. The normalized spacial score (nSPS) is 10.6. The Morgan fingerprint density at radius 1 is 0.900 bits per heavy atom. The van der Waals surface area contributed by atoms with E-state index in [4.69, 9.17) is 23.4 Å². The number of hydrogen-bond donors (Lipinski definition) is 0. The maximum atomic E-state index is 11.9. The van der Waals surface area contributed by atoms with Crippen LogP contribution in [0.25, 0.3) is 11.0 Å². The molecule has 0 atom stereocenters. The van der Waals surface area contributed by atoms with E-state index >= 15 is 0 Å². The summed E-state index contributed by atoms with van der Waals surface area (Å²) in [5.74, 6) is -0.470. The van der Waals surface area contributed by atoms with Crippen LogP contribution in [0, 0.1) is 6.92 Å². The molecule has 8 heteroatoms. The SMILES string of the molecule is CCCCOC(=O)COc1cc(OCC(=O)OCCCC)c2c(C)cc(=O)oc2c1. The van der Waals surface area contributed by atoms with E-state index in [0.717, 1.165) is 25.7 Å². The summed E-state index contributed by atoms with van der Waals surface area (Å²) in [5, 5.41) is 0.536. The van der Waals surface area contributed by atoms with Crippen LogP contribution in [0.4, 0.5) is 0 Å². The van der Waals surface area contributed by atoms with Gasteiger partial charge in [-0.1, -0.05) is 26.7 Å². The third-order valence-electron chi connectivity index (χ3n) is 4.20. The molecule has 1 heterocycles. The summed E-state index contributed by atoms with van der Waals surface area (Å²) in [5.41, 5.74) is 0.327. The molecule has 30 heavy (non-hydrogen) atoms. The first-order chi connectivity index (χ1) is 14.4. The van der Waals surface area contributed by atoms with Crippen molar-refractivity contribution in [1.29, 1.82) is 0 Å². The standard InChI is InChI=1S/C22H28O8/c1-4-6-8-26-20(24)13-28-16-11-17(29-14-21(25)27-9-7-5-2)22-15(3)10-19(23)30-18(22)12-16/h10-12H,4-9,13-14H2,1-3H3. The Kier molecular flexibility index (Phi) is 9.18. The van der Waals surface area contributed by atoms with Gasteiger partial charge in [0.1, 0.15) is 17.1 Å². The Labute approximate surface area is 175 Å². The number of carbonyl (C=O) groups excluding carboxylic acids is 2. The van der Waals surface area contributed by atoms with Crippen molar-refractivity contribution in [2.45, 2.75) is 46.5 Å². The summed E-state index contributed by atoms with van der Waals surface area (Å²) in [6.45, 7) is 5.78. The molecule has 0 aliphatic rings. The third kappa shape index (κ3) is 7.09. The van der Waals surface area contributed by atoms with E-state index in [2.05, 4.69) is 0 Å². The molecule has 0 unspecified atom stereocenters. The van der Waals surface area contributed by atoms with Gasteiger partial charge < -0.3 is 23.4 Å². The highest BCUT2D eigenvalue weighted by Gasteiger charge is 2.15. The lowest BCUT2D eigenvalue weighted by molar-refractivity contribution is -0.146. The molecule has 1 aromatic carbocycles. The van der Waals surface area contributed by atoms with Crippen molar-refractivity contribution < 1.29 is 33.0 Å². The molecule has 0 aliphatic heterocycles. The minimum Gasteiger partial charge on any atom is -0.482 e. The topological polar surface area (TPSA) is 101 Å². The van der Waals surface area contributed by atoms with E-state index in [9.17, 15) is 14.4 Å². The molecule has 0 amide bonds. The average molecular weight is 420 g/mol. The highest BCUT2D eigenvalue weighted by atomic mass is 16.6. The maximum Gasteiger partial charge on any atom is 0.344 e. The third-order valence-corrected chi connectivity index (χ3v) is 4.20. The maximum absolute atomic E-state index is 11.9. The van der Waals surface area contributed by atoms with Gasteiger partial charge in [0.2, 0.25) is 0 Å². The van der Waals surface area contributed by atoms with Crippen LogP contribution in [0.5, 0.6) is 11.5 Å². The summed E-state index contributed by atoms with van der Waals surface area (Å²) in [6, 6.07) is 4.36. The first-order valence-corrected chi connectivity index (χ1v) is 10.1.